The van der Waals surface area contributed by atoms with E-state index in [9.17, 15) is 9.59 Å². The molecule has 2 rings (SSSR count). The SMILES string of the molecule is CCOC(=O)C(=NOC1Cc2ccccc2C1)C(=O)CBr. The number of benzene rings is 1. The fourth-order valence-electron chi connectivity index (χ4n) is 2.19. The van der Waals surface area contributed by atoms with E-state index in [0.717, 1.165) is 12.8 Å². The molecule has 0 fully saturated rings. The van der Waals surface area contributed by atoms with Crippen LogP contribution in [0.25, 0.3) is 0 Å². The molecular weight excluding hydrogens is 338 g/mol. The van der Waals surface area contributed by atoms with Gasteiger partial charge >= 0.3 is 5.97 Å². The molecule has 0 radical (unpaired) electrons. The lowest BCUT2D eigenvalue weighted by Crippen LogP contribution is -2.28. The van der Waals surface area contributed by atoms with Gasteiger partial charge in [-0.3, -0.25) is 4.79 Å². The second-order valence-corrected chi connectivity index (χ2v) is 5.18. The minimum Gasteiger partial charge on any atom is -0.461 e. The number of halogens is 1. The molecule has 0 aliphatic heterocycles. The monoisotopic (exact) mass is 353 g/mol. The predicted molar refractivity (Wildman–Crippen MR) is 81.6 cm³/mol. The Morgan fingerprint density at radius 1 is 1.29 bits per heavy atom. The van der Waals surface area contributed by atoms with Crippen LogP contribution in [0.2, 0.25) is 0 Å². The van der Waals surface area contributed by atoms with Crippen LogP contribution in [-0.4, -0.2) is 35.5 Å². The highest BCUT2D eigenvalue weighted by molar-refractivity contribution is 9.09. The highest BCUT2D eigenvalue weighted by atomic mass is 79.9. The van der Waals surface area contributed by atoms with Crippen molar-refractivity contribution in [3.05, 3.63) is 35.4 Å². The number of esters is 1. The molecule has 0 heterocycles. The summed E-state index contributed by atoms with van der Waals surface area (Å²) in [6.07, 6.45) is 1.28. The molecule has 1 aliphatic rings. The summed E-state index contributed by atoms with van der Waals surface area (Å²) in [5.74, 6) is -1.21. The molecule has 0 saturated carbocycles. The number of Topliss-reactive ketones (excluding diaryl/α,β-unsaturated/α-hetero) is 1. The molecule has 1 aromatic carbocycles. The van der Waals surface area contributed by atoms with Gasteiger partial charge in [0.2, 0.25) is 11.5 Å². The average Bonchev–Trinajstić information content (AvgIpc) is 2.90. The molecule has 0 aromatic heterocycles. The lowest BCUT2D eigenvalue weighted by atomic mass is 10.1. The third-order valence-corrected chi connectivity index (χ3v) is 3.67. The number of alkyl halides is 1. The number of oxime groups is 1. The Hall–Kier alpha value is -1.69. The summed E-state index contributed by atoms with van der Waals surface area (Å²) in [6, 6.07) is 8.03. The Kier molecular flexibility index (Phi) is 5.50. The third-order valence-electron chi connectivity index (χ3n) is 3.16. The van der Waals surface area contributed by atoms with E-state index in [1.165, 1.54) is 11.1 Å². The van der Waals surface area contributed by atoms with Crippen LogP contribution in [-0.2, 0) is 32.0 Å². The highest BCUT2D eigenvalue weighted by Gasteiger charge is 2.25. The lowest BCUT2D eigenvalue weighted by molar-refractivity contribution is -0.136. The van der Waals surface area contributed by atoms with Gasteiger partial charge in [-0.1, -0.05) is 45.4 Å². The van der Waals surface area contributed by atoms with E-state index in [1.807, 2.05) is 24.3 Å². The van der Waals surface area contributed by atoms with Crippen molar-refractivity contribution in [2.45, 2.75) is 25.9 Å². The number of hydrogen-bond acceptors (Lipinski definition) is 5. The Morgan fingerprint density at radius 2 is 1.90 bits per heavy atom. The van der Waals surface area contributed by atoms with Gasteiger partial charge in [0.1, 0.15) is 6.10 Å². The van der Waals surface area contributed by atoms with Crippen molar-refractivity contribution in [1.82, 2.24) is 0 Å². The molecule has 0 bridgehead atoms. The highest BCUT2D eigenvalue weighted by Crippen LogP contribution is 2.23. The number of rotatable bonds is 6. The van der Waals surface area contributed by atoms with Crippen molar-refractivity contribution in [1.29, 1.82) is 0 Å². The Morgan fingerprint density at radius 3 is 2.43 bits per heavy atom. The molecule has 0 saturated heterocycles. The molecule has 21 heavy (non-hydrogen) atoms. The first-order chi connectivity index (χ1) is 10.2. The van der Waals surface area contributed by atoms with E-state index in [4.69, 9.17) is 9.57 Å². The number of ether oxygens (including phenoxy) is 1. The minimum absolute atomic E-state index is 0.00109. The fraction of sp³-hybridized carbons (Fsp3) is 0.400. The normalized spacial score (nSPS) is 14.7. The molecule has 0 unspecified atom stereocenters. The van der Waals surface area contributed by atoms with Crippen LogP contribution in [0, 0.1) is 0 Å². The molecule has 0 spiro atoms. The molecule has 1 aliphatic carbocycles. The predicted octanol–water partition coefficient (Wildman–Crippen LogP) is 2.05. The van der Waals surface area contributed by atoms with Gasteiger partial charge in [0, 0.05) is 12.8 Å². The van der Waals surface area contributed by atoms with Crippen molar-refractivity contribution in [3.8, 4) is 0 Å². The van der Waals surface area contributed by atoms with Crippen molar-refractivity contribution < 1.29 is 19.2 Å². The number of ketones is 1. The first-order valence-electron chi connectivity index (χ1n) is 6.72. The van der Waals surface area contributed by atoms with E-state index in [1.54, 1.807) is 6.92 Å². The van der Waals surface area contributed by atoms with Gasteiger partial charge < -0.3 is 9.57 Å². The van der Waals surface area contributed by atoms with Crippen molar-refractivity contribution in [3.63, 3.8) is 0 Å². The minimum atomic E-state index is -0.752. The molecule has 0 amide bonds. The van der Waals surface area contributed by atoms with Crippen molar-refractivity contribution >= 4 is 33.4 Å². The summed E-state index contributed by atoms with van der Waals surface area (Å²) in [5, 5.41) is 3.74. The smallest absolute Gasteiger partial charge is 0.364 e. The zero-order chi connectivity index (χ0) is 15.2. The number of carbonyl (C=O) groups is 2. The van der Waals surface area contributed by atoms with Crippen LogP contribution in [0.4, 0.5) is 0 Å². The molecule has 0 N–H and O–H groups in total. The summed E-state index contributed by atoms with van der Waals surface area (Å²) in [7, 11) is 0. The molecule has 112 valence electrons. The molecular formula is C15H16BrNO4. The zero-order valence-electron chi connectivity index (χ0n) is 11.7. The maximum atomic E-state index is 11.7. The molecule has 1 aromatic rings. The van der Waals surface area contributed by atoms with E-state index >= 15 is 0 Å². The Labute approximate surface area is 131 Å². The first-order valence-corrected chi connectivity index (χ1v) is 7.84. The summed E-state index contributed by atoms with van der Waals surface area (Å²) in [5.41, 5.74) is 2.12. The van der Waals surface area contributed by atoms with Crippen LogP contribution in [0.1, 0.15) is 18.1 Å². The first kappa shape index (κ1) is 15.7. The topological polar surface area (TPSA) is 65.0 Å². The summed E-state index contributed by atoms with van der Waals surface area (Å²) in [6.45, 7) is 1.85. The second kappa shape index (κ2) is 7.36. The number of nitrogens with zero attached hydrogens (tertiary/aromatic N) is 1. The van der Waals surface area contributed by atoms with Crippen LogP contribution in [0.5, 0.6) is 0 Å². The van der Waals surface area contributed by atoms with Crippen LogP contribution in [0.15, 0.2) is 29.4 Å². The molecule has 0 atom stereocenters. The summed E-state index contributed by atoms with van der Waals surface area (Å²) < 4.78 is 4.81. The number of carbonyl (C=O) groups excluding carboxylic acids is 2. The lowest BCUT2D eigenvalue weighted by Gasteiger charge is -2.08. The quantitative estimate of drug-likeness (QED) is 0.258. The van der Waals surface area contributed by atoms with Gasteiger partial charge in [0.05, 0.1) is 11.9 Å². The van der Waals surface area contributed by atoms with Gasteiger partial charge in [-0.05, 0) is 18.1 Å². The fourth-order valence-corrected chi connectivity index (χ4v) is 2.45. The van der Waals surface area contributed by atoms with Crippen LogP contribution in [0.3, 0.4) is 0 Å². The summed E-state index contributed by atoms with van der Waals surface area (Å²) in [4.78, 5) is 28.8. The average molecular weight is 354 g/mol. The number of fused-ring (bicyclic) bond motifs is 1. The van der Waals surface area contributed by atoms with E-state index < -0.39 is 11.8 Å². The van der Waals surface area contributed by atoms with Gasteiger partial charge in [-0.2, -0.15) is 0 Å². The largest absolute Gasteiger partial charge is 0.461 e. The van der Waals surface area contributed by atoms with Crippen LogP contribution >= 0.6 is 15.9 Å². The van der Waals surface area contributed by atoms with Gasteiger partial charge in [0.15, 0.2) is 0 Å². The number of hydrogen-bond donors (Lipinski definition) is 0. The summed E-state index contributed by atoms with van der Waals surface area (Å²) >= 11 is 3.02. The van der Waals surface area contributed by atoms with Crippen LogP contribution < -0.4 is 0 Å². The third kappa shape index (κ3) is 3.91. The molecule has 5 nitrogen and oxygen atoms in total. The van der Waals surface area contributed by atoms with E-state index in [-0.39, 0.29) is 23.8 Å². The standard InChI is InChI=1S/C15H16BrNO4/c1-2-20-15(19)14(13(18)9-16)17-21-12-7-10-5-3-4-6-11(10)8-12/h3-6,12H,2,7-9H2,1H3. The Balaban J connectivity index is 2.04. The van der Waals surface area contributed by atoms with Crippen molar-refractivity contribution in [2.24, 2.45) is 5.16 Å². The van der Waals surface area contributed by atoms with Gasteiger partial charge in [0.25, 0.3) is 0 Å². The zero-order valence-corrected chi connectivity index (χ0v) is 13.3. The molecule has 6 heteroatoms. The second-order valence-electron chi connectivity index (χ2n) is 4.62. The van der Waals surface area contributed by atoms with Gasteiger partial charge in [-0.15, -0.1) is 0 Å². The maximum Gasteiger partial charge on any atom is 0.364 e. The van der Waals surface area contributed by atoms with Gasteiger partial charge in [-0.25, -0.2) is 4.79 Å². The van der Waals surface area contributed by atoms with Crippen molar-refractivity contribution in [2.75, 3.05) is 11.9 Å². The maximum absolute atomic E-state index is 11.7. The van der Waals surface area contributed by atoms with E-state index in [2.05, 4.69) is 21.1 Å². The van der Waals surface area contributed by atoms with E-state index in [0.29, 0.717) is 0 Å². The Bertz CT molecular complexity index is 546.